The van der Waals surface area contributed by atoms with E-state index in [0.29, 0.717) is 17.1 Å². The van der Waals surface area contributed by atoms with Crippen LogP contribution in [0.5, 0.6) is 0 Å². The molecule has 92 valence electrons. The molecule has 0 saturated carbocycles. The van der Waals surface area contributed by atoms with E-state index in [-0.39, 0.29) is 18.4 Å². The van der Waals surface area contributed by atoms with Gasteiger partial charge in [-0.05, 0) is 18.6 Å². The molecule has 1 rings (SSSR count). The molecule has 0 fully saturated rings. The van der Waals surface area contributed by atoms with Crippen molar-refractivity contribution in [3.05, 3.63) is 34.9 Å². The van der Waals surface area contributed by atoms with Gasteiger partial charge < -0.3 is 10.6 Å². The Morgan fingerprint density at radius 2 is 1.94 bits per heavy atom. The van der Waals surface area contributed by atoms with E-state index in [4.69, 9.17) is 11.6 Å². The summed E-state index contributed by atoms with van der Waals surface area (Å²) in [6.07, 6.45) is 0.865. The number of hydrogen-bond acceptors (Lipinski definition) is 2. The van der Waals surface area contributed by atoms with Gasteiger partial charge >= 0.3 is 0 Å². The van der Waals surface area contributed by atoms with Crippen molar-refractivity contribution in [2.75, 3.05) is 13.1 Å². The maximum absolute atomic E-state index is 11.7. The minimum atomic E-state index is -0.345. The van der Waals surface area contributed by atoms with Crippen molar-refractivity contribution < 1.29 is 9.59 Å². The van der Waals surface area contributed by atoms with E-state index in [1.807, 2.05) is 6.92 Å². The van der Waals surface area contributed by atoms with Gasteiger partial charge in [0, 0.05) is 6.54 Å². The molecule has 0 spiro atoms. The second kappa shape index (κ2) is 6.91. The van der Waals surface area contributed by atoms with Crippen LogP contribution in [0, 0.1) is 0 Å². The lowest BCUT2D eigenvalue weighted by molar-refractivity contribution is -0.120. The average Bonchev–Trinajstić information content (AvgIpc) is 2.34. The zero-order valence-corrected chi connectivity index (χ0v) is 10.4. The van der Waals surface area contributed by atoms with Gasteiger partial charge in [0.15, 0.2) is 0 Å². The minimum absolute atomic E-state index is 0.0376. The van der Waals surface area contributed by atoms with Gasteiger partial charge in [0.05, 0.1) is 17.1 Å². The summed E-state index contributed by atoms with van der Waals surface area (Å²) in [5.41, 5.74) is 0.373. The summed E-state index contributed by atoms with van der Waals surface area (Å²) in [4.78, 5) is 22.9. The number of carbonyl (C=O) groups excluding carboxylic acids is 2. The Morgan fingerprint density at radius 3 is 2.59 bits per heavy atom. The molecule has 0 heterocycles. The molecule has 0 saturated heterocycles. The van der Waals surface area contributed by atoms with E-state index < -0.39 is 0 Å². The fraction of sp³-hybridized carbons (Fsp3) is 0.333. The monoisotopic (exact) mass is 254 g/mol. The molecule has 0 atom stereocenters. The molecule has 2 amide bonds. The van der Waals surface area contributed by atoms with Gasteiger partial charge in [-0.25, -0.2) is 0 Å². The Balaban J connectivity index is 2.45. The number of halogens is 1. The molecule has 0 aromatic heterocycles. The largest absolute Gasteiger partial charge is 0.355 e. The van der Waals surface area contributed by atoms with Crippen LogP contribution in [0.1, 0.15) is 23.7 Å². The second-order valence-electron chi connectivity index (χ2n) is 3.51. The Labute approximate surface area is 105 Å². The van der Waals surface area contributed by atoms with Crippen molar-refractivity contribution in [2.24, 2.45) is 0 Å². The molecule has 17 heavy (non-hydrogen) atoms. The molecule has 1 aromatic carbocycles. The zero-order valence-electron chi connectivity index (χ0n) is 9.63. The van der Waals surface area contributed by atoms with Crippen LogP contribution in [-0.2, 0) is 4.79 Å². The van der Waals surface area contributed by atoms with Gasteiger partial charge in [0.2, 0.25) is 5.91 Å². The van der Waals surface area contributed by atoms with Crippen molar-refractivity contribution in [3.63, 3.8) is 0 Å². The van der Waals surface area contributed by atoms with Gasteiger partial charge in [-0.3, -0.25) is 9.59 Å². The molecule has 2 N–H and O–H groups in total. The van der Waals surface area contributed by atoms with E-state index in [0.717, 1.165) is 6.42 Å². The average molecular weight is 255 g/mol. The Morgan fingerprint density at radius 1 is 1.24 bits per heavy atom. The van der Waals surface area contributed by atoms with Crippen LogP contribution in [0.15, 0.2) is 24.3 Å². The lowest BCUT2D eigenvalue weighted by Gasteiger charge is -2.06. The van der Waals surface area contributed by atoms with Crippen LogP contribution in [0.3, 0.4) is 0 Å². The molecular weight excluding hydrogens is 240 g/mol. The fourth-order valence-corrected chi connectivity index (χ4v) is 1.45. The third-order valence-electron chi connectivity index (χ3n) is 2.10. The van der Waals surface area contributed by atoms with Crippen molar-refractivity contribution in [1.29, 1.82) is 0 Å². The van der Waals surface area contributed by atoms with Crippen LogP contribution in [-0.4, -0.2) is 24.9 Å². The van der Waals surface area contributed by atoms with Crippen LogP contribution in [0.25, 0.3) is 0 Å². The lowest BCUT2D eigenvalue weighted by Crippen LogP contribution is -2.37. The van der Waals surface area contributed by atoms with E-state index in [1.165, 1.54) is 0 Å². The van der Waals surface area contributed by atoms with E-state index in [2.05, 4.69) is 10.6 Å². The Kier molecular flexibility index (Phi) is 5.49. The standard InChI is InChI=1S/C12H15ClN2O2/c1-2-7-14-11(16)8-15-12(17)9-5-3-4-6-10(9)13/h3-6H,2,7-8H2,1H3,(H,14,16)(H,15,17). The highest BCUT2D eigenvalue weighted by Gasteiger charge is 2.10. The highest BCUT2D eigenvalue weighted by atomic mass is 35.5. The molecular formula is C12H15ClN2O2. The first-order valence-electron chi connectivity index (χ1n) is 5.44. The van der Waals surface area contributed by atoms with E-state index >= 15 is 0 Å². The summed E-state index contributed by atoms with van der Waals surface area (Å²) in [6, 6.07) is 6.71. The maximum Gasteiger partial charge on any atom is 0.253 e. The normalized spacial score (nSPS) is 9.76. The number of amides is 2. The summed E-state index contributed by atoms with van der Waals surface area (Å²) >= 11 is 5.86. The van der Waals surface area contributed by atoms with E-state index in [1.54, 1.807) is 24.3 Å². The third-order valence-corrected chi connectivity index (χ3v) is 2.43. The summed E-state index contributed by atoms with van der Waals surface area (Å²) in [6.45, 7) is 2.54. The zero-order chi connectivity index (χ0) is 12.7. The molecule has 1 aromatic rings. The van der Waals surface area contributed by atoms with Crippen LogP contribution in [0.2, 0.25) is 5.02 Å². The molecule has 4 nitrogen and oxygen atoms in total. The molecule has 0 aliphatic carbocycles. The summed E-state index contributed by atoms with van der Waals surface area (Å²) in [7, 11) is 0. The third kappa shape index (κ3) is 4.44. The number of hydrogen-bond donors (Lipinski definition) is 2. The van der Waals surface area contributed by atoms with Crippen LogP contribution < -0.4 is 10.6 Å². The molecule has 5 heteroatoms. The summed E-state index contributed by atoms with van der Waals surface area (Å²) in [5, 5.41) is 5.55. The first-order valence-corrected chi connectivity index (χ1v) is 5.82. The highest BCUT2D eigenvalue weighted by Crippen LogP contribution is 2.14. The minimum Gasteiger partial charge on any atom is -0.355 e. The molecule has 0 unspecified atom stereocenters. The van der Waals surface area contributed by atoms with Crippen molar-refractivity contribution in [2.45, 2.75) is 13.3 Å². The SMILES string of the molecule is CCCNC(=O)CNC(=O)c1ccccc1Cl. The molecule has 0 bridgehead atoms. The molecule has 0 aliphatic rings. The Bertz CT molecular complexity index is 407. The summed E-state index contributed by atoms with van der Waals surface area (Å²) < 4.78 is 0. The fourth-order valence-electron chi connectivity index (χ4n) is 1.23. The smallest absolute Gasteiger partial charge is 0.253 e. The topological polar surface area (TPSA) is 58.2 Å². The first-order chi connectivity index (χ1) is 8.15. The van der Waals surface area contributed by atoms with Crippen molar-refractivity contribution >= 4 is 23.4 Å². The second-order valence-corrected chi connectivity index (χ2v) is 3.92. The van der Waals surface area contributed by atoms with Gasteiger partial charge in [-0.2, -0.15) is 0 Å². The number of nitrogens with one attached hydrogen (secondary N) is 2. The predicted octanol–water partition coefficient (Wildman–Crippen LogP) is 1.60. The molecule has 0 aliphatic heterocycles. The Hall–Kier alpha value is -1.55. The highest BCUT2D eigenvalue weighted by molar-refractivity contribution is 6.33. The molecule has 0 radical (unpaired) electrons. The first kappa shape index (κ1) is 13.5. The van der Waals surface area contributed by atoms with Gasteiger partial charge in [-0.1, -0.05) is 30.7 Å². The predicted molar refractivity (Wildman–Crippen MR) is 67.1 cm³/mol. The van der Waals surface area contributed by atoms with Gasteiger partial charge in [-0.15, -0.1) is 0 Å². The maximum atomic E-state index is 11.7. The quantitative estimate of drug-likeness (QED) is 0.839. The number of benzene rings is 1. The number of rotatable bonds is 5. The lowest BCUT2D eigenvalue weighted by atomic mass is 10.2. The van der Waals surface area contributed by atoms with Gasteiger partial charge in [0.1, 0.15) is 0 Å². The van der Waals surface area contributed by atoms with Gasteiger partial charge in [0.25, 0.3) is 5.91 Å². The van der Waals surface area contributed by atoms with Crippen LogP contribution in [0.4, 0.5) is 0 Å². The van der Waals surface area contributed by atoms with Crippen molar-refractivity contribution in [3.8, 4) is 0 Å². The van der Waals surface area contributed by atoms with Crippen molar-refractivity contribution in [1.82, 2.24) is 10.6 Å². The number of carbonyl (C=O) groups is 2. The van der Waals surface area contributed by atoms with Crippen LogP contribution >= 0.6 is 11.6 Å². The summed E-state index contributed by atoms with van der Waals surface area (Å²) in [5.74, 6) is -0.547. The van der Waals surface area contributed by atoms with E-state index in [9.17, 15) is 9.59 Å².